The molecule has 2 aliphatic rings. The van der Waals surface area contributed by atoms with Crippen molar-refractivity contribution in [2.45, 2.75) is 4.90 Å². The number of imidazole rings is 1. The van der Waals surface area contributed by atoms with Crippen molar-refractivity contribution in [3.63, 3.8) is 0 Å². The molecule has 1 aromatic heterocycles. The molecule has 0 unspecified atom stereocenters. The van der Waals surface area contributed by atoms with Gasteiger partial charge >= 0.3 is 20.2 Å². The first-order valence-corrected chi connectivity index (χ1v) is 18.6. The Kier molecular flexibility index (Phi) is 9.90. The van der Waals surface area contributed by atoms with Gasteiger partial charge in [0.15, 0.2) is 11.5 Å². The van der Waals surface area contributed by atoms with Crippen molar-refractivity contribution in [1.29, 1.82) is 0 Å². The smallest absolute Gasteiger partial charge is 0.315 e. The van der Waals surface area contributed by atoms with Crippen molar-refractivity contribution < 1.29 is 35.0 Å². The lowest BCUT2D eigenvalue weighted by atomic mass is 9.93. The molecule has 20 heteroatoms. The first-order valence-electron chi connectivity index (χ1n) is 15.8. The zero-order valence-electron chi connectivity index (χ0n) is 27.9. The van der Waals surface area contributed by atoms with E-state index in [4.69, 9.17) is 11.8 Å². The Bertz CT molecular complexity index is 2770. The average molecular weight is 779 g/mol. The molecule has 4 aromatic carbocycles. The normalized spacial score (nSPS) is 15.1. The number of Topliss-reactive ketones (excluding diaryl/α,β-unsaturated/α-hetero) is 1. The highest BCUT2D eigenvalue weighted by Crippen LogP contribution is 2.36. The van der Waals surface area contributed by atoms with Crippen molar-refractivity contribution >= 4 is 83.1 Å². The number of ketones is 2. The van der Waals surface area contributed by atoms with Crippen LogP contribution in [0.1, 0.15) is 15.9 Å². The zero-order chi connectivity index (χ0) is 38.7. The van der Waals surface area contributed by atoms with E-state index in [1.807, 2.05) is 12.1 Å². The van der Waals surface area contributed by atoms with E-state index in [2.05, 4.69) is 49.8 Å². The van der Waals surface area contributed by atoms with Crippen LogP contribution in [0.4, 0.5) is 22.7 Å². The van der Waals surface area contributed by atoms with Crippen LogP contribution in [0.3, 0.4) is 0 Å². The number of anilines is 2. The van der Waals surface area contributed by atoms with Gasteiger partial charge in [0.05, 0.1) is 50.0 Å². The molecule has 0 radical (unpaired) electrons. The van der Waals surface area contributed by atoms with Gasteiger partial charge in [0.2, 0.25) is 5.78 Å². The van der Waals surface area contributed by atoms with E-state index < -0.39 is 41.5 Å². The Hall–Kier alpha value is -6.81. The Morgan fingerprint density at radius 1 is 0.727 bits per heavy atom. The summed E-state index contributed by atoms with van der Waals surface area (Å²) in [5.74, 6) is 9.53. The van der Waals surface area contributed by atoms with Gasteiger partial charge in [0.25, 0.3) is 0 Å². The highest BCUT2D eigenvalue weighted by Gasteiger charge is 2.37. The topological polar surface area (TPSA) is 275 Å². The predicted molar refractivity (Wildman–Crippen MR) is 203 cm³/mol. The minimum Gasteiger partial charge on any atom is -0.338 e. The number of aromatic nitrogens is 2. The Balaban J connectivity index is 1.20. The summed E-state index contributed by atoms with van der Waals surface area (Å²) in [7, 11) is -9.34. The molecule has 276 valence electrons. The number of carbonyl (C=O) groups excluding carboxylic acids is 2. The van der Waals surface area contributed by atoms with Crippen LogP contribution < -0.4 is 22.6 Å². The van der Waals surface area contributed by atoms with E-state index in [-0.39, 0.29) is 22.6 Å². The van der Waals surface area contributed by atoms with Gasteiger partial charge in [-0.3, -0.25) is 20.4 Å². The molecule has 0 amide bonds. The maximum absolute atomic E-state index is 14.0. The summed E-state index contributed by atoms with van der Waals surface area (Å²) in [5.41, 5.74) is 8.36. The monoisotopic (exact) mass is 778 g/mol. The van der Waals surface area contributed by atoms with Gasteiger partial charge in [-0.15, -0.1) is 5.11 Å². The zero-order valence-corrected chi connectivity index (χ0v) is 29.6. The number of para-hydroxylation sites is 1. The highest BCUT2D eigenvalue weighted by atomic mass is 32.2. The largest absolute Gasteiger partial charge is 0.338 e. The van der Waals surface area contributed by atoms with Crippen LogP contribution in [0.25, 0.3) is 28.5 Å². The number of nitrogens with two attached hydrogens (primary N) is 2. The SMILES string of the molecule is NOS(=O)(=O)C1=Cc2cc(S(=O)(=O)ON)cc(N=Nc3ccc(-c4nc5ccc(NN=C6C=CC(=O)C=C6)cc5[nH]4)cc3)c2C(=O)C1=NNc1ccccc1. The maximum Gasteiger partial charge on any atom is 0.315 e. The Morgan fingerprint density at radius 3 is 2.15 bits per heavy atom. The molecule has 0 atom stereocenters. The minimum absolute atomic E-state index is 0.109. The van der Waals surface area contributed by atoms with Crippen molar-refractivity contribution in [1.82, 2.24) is 9.97 Å². The number of nitrogens with zero attached hydrogens (tertiary/aromatic N) is 5. The van der Waals surface area contributed by atoms with Crippen molar-refractivity contribution in [2.75, 3.05) is 10.9 Å². The van der Waals surface area contributed by atoms with Crippen LogP contribution in [-0.4, -0.2) is 49.8 Å². The minimum atomic E-state index is -4.76. The number of aromatic amines is 1. The van der Waals surface area contributed by atoms with Crippen molar-refractivity contribution in [3.8, 4) is 11.4 Å². The lowest BCUT2D eigenvalue weighted by molar-refractivity contribution is -0.110. The molecule has 0 spiro atoms. The molecule has 0 saturated carbocycles. The summed E-state index contributed by atoms with van der Waals surface area (Å²) in [6.45, 7) is 0. The summed E-state index contributed by atoms with van der Waals surface area (Å²) in [6.07, 6.45) is 7.02. The lowest BCUT2D eigenvalue weighted by Crippen LogP contribution is -2.29. The molecular formula is C35H26N10O8S2. The molecule has 0 saturated heterocycles. The number of nitrogens with one attached hydrogen (secondary N) is 3. The summed E-state index contributed by atoms with van der Waals surface area (Å²) >= 11 is 0. The average Bonchev–Trinajstić information content (AvgIpc) is 3.63. The van der Waals surface area contributed by atoms with Gasteiger partial charge in [0.1, 0.15) is 10.7 Å². The second-order valence-corrected chi connectivity index (χ2v) is 14.7. The van der Waals surface area contributed by atoms with E-state index in [1.165, 1.54) is 12.2 Å². The van der Waals surface area contributed by atoms with Gasteiger partial charge in [-0.1, -0.05) is 18.2 Å². The summed E-state index contributed by atoms with van der Waals surface area (Å²) in [5, 5.41) is 16.7. The Labute approximate surface area is 311 Å². The third kappa shape index (κ3) is 7.79. The number of carbonyl (C=O) groups is 2. The number of allylic oxidation sites excluding steroid dienone is 5. The number of rotatable bonds is 11. The summed E-state index contributed by atoms with van der Waals surface area (Å²) in [6, 6.07) is 22.4. The molecule has 7 rings (SSSR count). The van der Waals surface area contributed by atoms with Crippen LogP contribution in [0, 0.1) is 0 Å². The lowest BCUT2D eigenvalue weighted by Gasteiger charge is -2.19. The number of H-pyrrole nitrogens is 1. The molecule has 0 bridgehead atoms. The number of benzene rings is 4. The third-order valence-corrected chi connectivity index (χ3v) is 10.2. The van der Waals surface area contributed by atoms with E-state index in [0.717, 1.165) is 23.7 Å². The van der Waals surface area contributed by atoms with Crippen LogP contribution >= 0.6 is 0 Å². The standard InChI is InChI=1S/C35H26N10O8S2/c36-52-54(48,49)27-16-21-17-31(55(50,51)53-37)33(45-42-22-4-2-1-3-5-22)34(47)32(21)30(19-27)44-41-23-8-6-20(7-9-23)35-38-28-15-12-25(18-29(28)39-35)43-40-24-10-13-26(46)14-11-24/h1-19,42-43H,36-37H2,(H,38,39). The third-order valence-electron chi connectivity index (χ3n) is 8.01. The molecule has 0 aliphatic heterocycles. The summed E-state index contributed by atoms with van der Waals surface area (Å²) < 4.78 is 59.4. The number of hydrogen-bond acceptors (Lipinski definition) is 17. The molecule has 55 heavy (non-hydrogen) atoms. The quantitative estimate of drug-likeness (QED) is 0.0678. The van der Waals surface area contributed by atoms with Crippen LogP contribution in [0.5, 0.6) is 0 Å². The molecule has 0 fully saturated rings. The first kappa shape index (κ1) is 36.5. The molecule has 7 N–H and O–H groups in total. The molecule has 2 aliphatic carbocycles. The molecule has 1 heterocycles. The fraction of sp³-hybridized carbons (Fsp3) is 0. The fourth-order valence-corrected chi connectivity index (χ4v) is 6.73. The number of fused-ring (bicyclic) bond motifs is 2. The number of hydrazone groups is 2. The number of hydrogen-bond donors (Lipinski definition) is 5. The van der Waals surface area contributed by atoms with E-state index in [9.17, 15) is 26.4 Å². The molecular weight excluding hydrogens is 753 g/mol. The maximum atomic E-state index is 14.0. The van der Waals surface area contributed by atoms with Crippen LogP contribution in [-0.2, 0) is 33.6 Å². The predicted octanol–water partition coefficient (Wildman–Crippen LogP) is 4.91. The van der Waals surface area contributed by atoms with Crippen LogP contribution in [0.15, 0.2) is 139 Å². The highest BCUT2D eigenvalue weighted by molar-refractivity contribution is 7.92. The van der Waals surface area contributed by atoms with Gasteiger partial charge in [-0.25, -0.2) is 4.98 Å². The fourth-order valence-electron chi connectivity index (χ4n) is 5.35. The van der Waals surface area contributed by atoms with Crippen LogP contribution in [0.2, 0.25) is 0 Å². The second-order valence-electron chi connectivity index (χ2n) is 11.6. The Morgan fingerprint density at radius 2 is 1.44 bits per heavy atom. The van der Waals surface area contributed by atoms with E-state index in [1.54, 1.807) is 72.8 Å². The number of azo groups is 1. The van der Waals surface area contributed by atoms with Gasteiger partial charge in [-0.05, 0) is 103 Å². The van der Waals surface area contributed by atoms with E-state index >= 15 is 0 Å². The molecule has 18 nitrogen and oxygen atoms in total. The summed E-state index contributed by atoms with van der Waals surface area (Å²) in [4.78, 5) is 31.9. The van der Waals surface area contributed by atoms with Gasteiger partial charge in [-0.2, -0.15) is 52.5 Å². The van der Waals surface area contributed by atoms with Gasteiger partial charge < -0.3 is 4.98 Å². The second kappa shape index (κ2) is 14.9. The molecule has 5 aromatic rings. The van der Waals surface area contributed by atoms with E-state index in [0.29, 0.717) is 39.7 Å². The van der Waals surface area contributed by atoms with Gasteiger partial charge in [0, 0.05) is 5.56 Å². The van der Waals surface area contributed by atoms with Crippen molar-refractivity contribution in [2.24, 2.45) is 32.2 Å². The van der Waals surface area contributed by atoms with Crippen molar-refractivity contribution in [3.05, 3.63) is 125 Å². The first-order chi connectivity index (χ1) is 26.4.